The van der Waals surface area contributed by atoms with E-state index in [2.05, 4.69) is 12.6 Å². The molecule has 0 saturated carbocycles. The second kappa shape index (κ2) is 5.42. The Hall–Kier alpha value is -1.85. The zero-order chi connectivity index (χ0) is 14.0. The van der Waals surface area contributed by atoms with Crippen molar-refractivity contribution in [3.05, 3.63) is 47.5 Å². The van der Waals surface area contributed by atoms with E-state index in [1.165, 1.54) is 0 Å². The van der Waals surface area contributed by atoms with E-state index in [4.69, 9.17) is 11.5 Å². The number of fused-ring (bicyclic) bond motifs is 1. The SMILES string of the molecule is NC(=O)c1ccc2ccccc2c1C(=O)[C@@H](N)CS. The molecule has 0 radical (unpaired) electrons. The molecule has 0 bridgehead atoms. The molecule has 5 heteroatoms. The molecule has 0 aliphatic heterocycles. The van der Waals surface area contributed by atoms with Crippen LogP contribution >= 0.6 is 12.6 Å². The largest absolute Gasteiger partial charge is 0.366 e. The van der Waals surface area contributed by atoms with Crippen LogP contribution in [0.25, 0.3) is 10.8 Å². The van der Waals surface area contributed by atoms with Crippen molar-refractivity contribution in [2.75, 3.05) is 5.75 Å². The van der Waals surface area contributed by atoms with Crippen molar-refractivity contribution >= 4 is 35.1 Å². The molecule has 0 aromatic heterocycles. The highest BCUT2D eigenvalue weighted by Crippen LogP contribution is 2.23. The number of amides is 1. The van der Waals surface area contributed by atoms with Gasteiger partial charge < -0.3 is 11.5 Å². The Kier molecular flexibility index (Phi) is 3.87. The molecule has 0 unspecified atom stereocenters. The Bertz CT molecular complexity index is 655. The summed E-state index contributed by atoms with van der Waals surface area (Å²) in [6.45, 7) is 0. The number of nitrogens with two attached hydrogens (primary N) is 2. The molecule has 2 aromatic carbocycles. The molecule has 2 rings (SSSR count). The Balaban J connectivity index is 2.76. The molecule has 98 valence electrons. The predicted molar refractivity (Wildman–Crippen MR) is 78.6 cm³/mol. The van der Waals surface area contributed by atoms with Gasteiger partial charge in [-0.3, -0.25) is 9.59 Å². The van der Waals surface area contributed by atoms with Gasteiger partial charge in [0.05, 0.1) is 11.6 Å². The van der Waals surface area contributed by atoms with Gasteiger partial charge in [0.25, 0.3) is 0 Å². The van der Waals surface area contributed by atoms with E-state index in [9.17, 15) is 9.59 Å². The van der Waals surface area contributed by atoms with Crippen LogP contribution in [0.1, 0.15) is 20.7 Å². The summed E-state index contributed by atoms with van der Waals surface area (Å²) in [5, 5.41) is 1.54. The fourth-order valence-electron chi connectivity index (χ4n) is 2.01. The average molecular weight is 274 g/mol. The molecule has 0 saturated heterocycles. The fraction of sp³-hybridized carbons (Fsp3) is 0.143. The number of rotatable bonds is 4. The summed E-state index contributed by atoms with van der Waals surface area (Å²) in [6, 6.07) is 9.87. The summed E-state index contributed by atoms with van der Waals surface area (Å²) in [5.41, 5.74) is 11.5. The van der Waals surface area contributed by atoms with Gasteiger partial charge in [0, 0.05) is 11.3 Å². The third kappa shape index (κ3) is 2.47. The lowest BCUT2D eigenvalue weighted by molar-refractivity contribution is 0.0950. The normalized spacial score (nSPS) is 12.3. The highest BCUT2D eigenvalue weighted by atomic mass is 32.1. The molecular formula is C14H14N2O2S. The van der Waals surface area contributed by atoms with Gasteiger partial charge in [0.2, 0.25) is 5.91 Å². The van der Waals surface area contributed by atoms with Crippen molar-refractivity contribution in [3.8, 4) is 0 Å². The molecule has 1 amide bonds. The van der Waals surface area contributed by atoms with Crippen LogP contribution in [0, 0.1) is 0 Å². The summed E-state index contributed by atoms with van der Waals surface area (Å²) in [4.78, 5) is 23.8. The lowest BCUT2D eigenvalue weighted by Gasteiger charge is -2.13. The summed E-state index contributed by atoms with van der Waals surface area (Å²) in [6.07, 6.45) is 0. The van der Waals surface area contributed by atoms with E-state index in [1.807, 2.05) is 12.1 Å². The van der Waals surface area contributed by atoms with Gasteiger partial charge in [-0.15, -0.1) is 0 Å². The summed E-state index contributed by atoms with van der Waals surface area (Å²) in [7, 11) is 0. The van der Waals surface area contributed by atoms with Crippen LogP contribution in [0.3, 0.4) is 0 Å². The maximum Gasteiger partial charge on any atom is 0.249 e. The van der Waals surface area contributed by atoms with E-state index < -0.39 is 11.9 Å². The lowest BCUT2D eigenvalue weighted by atomic mass is 9.93. The maximum absolute atomic E-state index is 12.3. The number of carbonyl (C=O) groups is 2. The van der Waals surface area contributed by atoms with Crippen molar-refractivity contribution < 1.29 is 9.59 Å². The first-order valence-corrected chi connectivity index (χ1v) is 6.41. The highest BCUT2D eigenvalue weighted by Gasteiger charge is 2.22. The molecule has 0 aliphatic carbocycles. The number of hydrogen-bond donors (Lipinski definition) is 3. The van der Waals surface area contributed by atoms with E-state index in [0.29, 0.717) is 5.39 Å². The quantitative estimate of drug-likeness (QED) is 0.581. The van der Waals surface area contributed by atoms with Crippen LogP contribution in [-0.4, -0.2) is 23.5 Å². The van der Waals surface area contributed by atoms with Gasteiger partial charge >= 0.3 is 0 Å². The van der Waals surface area contributed by atoms with Crippen LogP contribution in [0.15, 0.2) is 36.4 Å². The minimum atomic E-state index is -0.757. The molecule has 0 fully saturated rings. The van der Waals surface area contributed by atoms with Crippen molar-refractivity contribution in [2.45, 2.75) is 6.04 Å². The van der Waals surface area contributed by atoms with Gasteiger partial charge in [0.1, 0.15) is 0 Å². The van der Waals surface area contributed by atoms with Crippen molar-refractivity contribution in [3.63, 3.8) is 0 Å². The number of benzene rings is 2. The van der Waals surface area contributed by atoms with Gasteiger partial charge in [-0.05, 0) is 16.8 Å². The van der Waals surface area contributed by atoms with Gasteiger partial charge in [-0.1, -0.05) is 30.3 Å². The third-order valence-corrected chi connectivity index (χ3v) is 3.37. The molecule has 0 aliphatic rings. The number of thiol groups is 1. The van der Waals surface area contributed by atoms with Crippen LogP contribution in [-0.2, 0) is 0 Å². The number of primary amides is 1. The zero-order valence-corrected chi connectivity index (χ0v) is 11.1. The summed E-state index contributed by atoms with van der Waals surface area (Å²) >= 11 is 4.02. The number of hydrogen-bond acceptors (Lipinski definition) is 4. The Morgan fingerprint density at radius 1 is 1.16 bits per heavy atom. The Morgan fingerprint density at radius 3 is 2.47 bits per heavy atom. The van der Waals surface area contributed by atoms with Gasteiger partial charge in [-0.2, -0.15) is 12.6 Å². The molecule has 0 spiro atoms. The second-order valence-electron chi connectivity index (χ2n) is 4.23. The van der Waals surface area contributed by atoms with Crippen LogP contribution in [0.4, 0.5) is 0 Å². The Labute approximate surface area is 116 Å². The highest BCUT2D eigenvalue weighted by molar-refractivity contribution is 7.80. The summed E-state index contributed by atoms with van der Waals surface area (Å²) in [5.74, 6) is -0.749. The summed E-state index contributed by atoms with van der Waals surface area (Å²) < 4.78 is 0. The maximum atomic E-state index is 12.3. The van der Waals surface area contributed by atoms with Crippen molar-refractivity contribution in [1.29, 1.82) is 0 Å². The fourth-order valence-corrected chi connectivity index (χ4v) is 2.18. The first-order valence-electron chi connectivity index (χ1n) is 5.78. The van der Waals surface area contributed by atoms with E-state index in [0.717, 1.165) is 5.39 Å². The lowest BCUT2D eigenvalue weighted by Crippen LogP contribution is -2.34. The third-order valence-electron chi connectivity index (χ3n) is 2.97. The first kappa shape index (κ1) is 13.6. The smallest absolute Gasteiger partial charge is 0.249 e. The first-order chi connectivity index (χ1) is 9.06. The van der Waals surface area contributed by atoms with E-state index in [1.54, 1.807) is 24.3 Å². The standard InChI is InChI=1S/C14H14N2O2S/c15-11(7-19)13(17)12-9-4-2-1-3-8(9)5-6-10(12)14(16)18/h1-6,11,19H,7,15H2,(H2,16,18)/t11-/m0/s1. The monoisotopic (exact) mass is 274 g/mol. The topological polar surface area (TPSA) is 86.2 Å². The van der Waals surface area contributed by atoms with E-state index in [-0.39, 0.29) is 22.7 Å². The number of ketones is 1. The Morgan fingerprint density at radius 2 is 1.84 bits per heavy atom. The molecule has 1 atom stereocenters. The average Bonchev–Trinajstić information content (AvgIpc) is 2.44. The van der Waals surface area contributed by atoms with Crippen molar-refractivity contribution in [2.24, 2.45) is 11.5 Å². The zero-order valence-electron chi connectivity index (χ0n) is 10.2. The van der Waals surface area contributed by atoms with Gasteiger partial charge in [-0.25, -0.2) is 0 Å². The number of Topliss-reactive ketones (excluding diaryl/α,β-unsaturated/α-hetero) is 1. The van der Waals surface area contributed by atoms with Crippen LogP contribution < -0.4 is 11.5 Å². The molecule has 4 N–H and O–H groups in total. The second-order valence-corrected chi connectivity index (χ2v) is 4.59. The molecule has 0 heterocycles. The van der Waals surface area contributed by atoms with Crippen LogP contribution in [0.2, 0.25) is 0 Å². The minimum Gasteiger partial charge on any atom is -0.366 e. The number of carbonyl (C=O) groups excluding carboxylic acids is 2. The van der Waals surface area contributed by atoms with Gasteiger partial charge in [0.15, 0.2) is 5.78 Å². The van der Waals surface area contributed by atoms with E-state index >= 15 is 0 Å². The predicted octanol–water partition coefficient (Wildman–Crippen LogP) is 1.38. The minimum absolute atomic E-state index is 0.195. The van der Waals surface area contributed by atoms with Crippen LogP contribution in [0.5, 0.6) is 0 Å². The molecule has 4 nitrogen and oxygen atoms in total. The van der Waals surface area contributed by atoms with Crippen molar-refractivity contribution in [1.82, 2.24) is 0 Å². The molecular weight excluding hydrogens is 260 g/mol. The molecule has 2 aromatic rings. The molecule has 19 heavy (non-hydrogen) atoms.